The Kier molecular flexibility index (Phi) is 6.01. The molecule has 0 atom stereocenters. The fraction of sp³-hybridized carbons (Fsp3) is 0.200. The standard InChI is InChI=1S/C30H29N3S/c1-21-12-16-24(17-13-21)28-31-32-29(34-20-22-14-18-25(19-15-22)30(2,3)4)33(28)27-11-7-9-23-8-5-6-10-26(23)27/h5-19H,20H2,1-4H3. The van der Waals surface area contributed by atoms with Crippen molar-refractivity contribution < 1.29 is 0 Å². The molecule has 0 saturated heterocycles. The van der Waals surface area contributed by atoms with Gasteiger partial charge in [-0.3, -0.25) is 4.57 Å². The van der Waals surface area contributed by atoms with Gasteiger partial charge in [-0.2, -0.15) is 0 Å². The molecular weight excluding hydrogens is 434 g/mol. The Balaban J connectivity index is 1.56. The molecule has 5 aromatic rings. The molecule has 1 aromatic heterocycles. The second-order valence-electron chi connectivity index (χ2n) is 9.74. The number of thioether (sulfide) groups is 1. The van der Waals surface area contributed by atoms with Gasteiger partial charge in [0.15, 0.2) is 11.0 Å². The Hall–Kier alpha value is -3.37. The Morgan fingerprint density at radius 1 is 0.765 bits per heavy atom. The normalized spacial score (nSPS) is 11.8. The molecule has 3 nitrogen and oxygen atoms in total. The summed E-state index contributed by atoms with van der Waals surface area (Å²) in [5.74, 6) is 1.70. The second-order valence-corrected chi connectivity index (χ2v) is 10.7. The predicted octanol–water partition coefficient (Wildman–Crippen LogP) is 7.99. The zero-order chi connectivity index (χ0) is 23.7. The van der Waals surface area contributed by atoms with Gasteiger partial charge in [0.25, 0.3) is 0 Å². The highest BCUT2D eigenvalue weighted by Gasteiger charge is 2.18. The Bertz CT molecular complexity index is 1420. The van der Waals surface area contributed by atoms with Gasteiger partial charge in [0, 0.05) is 16.7 Å². The van der Waals surface area contributed by atoms with Crippen LogP contribution >= 0.6 is 11.8 Å². The number of aromatic nitrogens is 3. The first-order valence-corrected chi connectivity index (χ1v) is 12.6. The maximum Gasteiger partial charge on any atom is 0.196 e. The van der Waals surface area contributed by atoms with E-state index in [9.17, 15) is 0 Å². The van der Waals surface area contributed by atoms with Gasteiger partial charge in [-0.1, -0.05) is 123 Å². The second kappa shape index (κ2) is 9.11. The van der Waals surface area contributed by atoms with Crippen molar-refractivity contribution in [3.8, 4) is 17.1 Å². The molecule has 0 saturated carbocycles. The van der Waals surface area contributed by atoms with E-state index in [2.05, 4.69) is 133 Å². The van der Waals surface area contributed by atoms with Crippen LogP contribution in [-0.2, 0) is 11.2 Å². The highest BCUT2D eigenvalue weighted by molar-refractivity contribution is 7.98. The lowest BCUT2D eigenvalue weighted by Gasteiger charge is -2.19. The van der Waals surface area contributed by atoms with E-state index in [-0.39, 0.29) is 5.41 Å². The molecule has 0 aliphatic carbocycles. The molecule has 0 N–H and O–H groups in total. The maximum absolute atomic E-state index is 4.65. The van der Waals surface area contributed by atoms with Gasteiger partial charge < -0.3 is 0 Å². The molecule has 0 bridgehead atoms. The van der Waals surface area contributed by atoms with E-state index in [0.717, 1.165) is 28.0 Å². The van der Waals surface area contributed by atoms with Crippen molar-refractivity contribution in [1.82, 2.24) is 14.8 Å². The number of aryl methyl sites for hydroxylation is 1. The van der Waals surface area contributed by atoms with Crippen LogP contribution in [0.25, 0.3) is 27.8 Å². The first-order chi connectivity index (χ1) is 16.4. The van der Waals surface area contributed by atoms with E-state index < -0.39 is 0 Å². The average Bonchev–Trinajstić information content (AvgIpc) is 3.26. The van der Waals surface area contributed by atoms with Crippen molar-refractivity contribution in [3.63, 3.8) is 0 Å². The number of benzene rings is 4. The van der Waals surface area contributed by atoms with Gasteiger partial charge in [0.2, 0.25) is 0 Å². The van der Waals surface area contributed by atoms with Crippen LogP contribution in [0.4, 0.5) is 0 Å². The van der Waals surface area contributed by atoms with Crippen molar-refractivity contribution in [2.45, 2.75) is 44.0 Å². The molecule has 0 radical (unpaired) electrons. The van der Waals surface area contributed by atoms with Crippen molar-refractivity contribution in [1.29, 1.82) is 0 Å². The van der Waals surface area contributed by atoms with Gasteiger partial charge in [-0.05, 0) is 34.9 Å². The van der Waals surface area contributed by atoms with E-state index in [1.54, 1.807) is 11.8 Å². The summed E-state index contributed by atoms with van der Waals surface area (Å²) in [5.41, 5.74) is 6.18. The van der Waals surface area contributed by atoms with Crippen LogP contribution in [0, 0.1) is 6.92 Å². The molecular formula is C30H29N3S. The third-order valence-electron chi connectivity index (χ3n) is 6.14. The third kappa shape index (κ3) is 4.51. The van der Waals surface area contributed by atoms with Gasteiger partial charge >= 0.3 is 0 Å². The smallest absolute Gasteiger partial charge is 0.196 e. The molecule has 4 aromatic carbocycles. The zero-order valence-electron chi connectivity index (χ0n) is 20.1. The van der Waals surface area contributed by atoms with Crippen LogP contribution in [0.15, 0.2) is 96.2 Å². The minimum Gasteiger partial charge on any atom is -0.269 e. The third-order valence-corrected chi connectivity index (χ3v) is 7.14. The molecule has 0 aliphatic heterocycles. The van der Waals surface area contributed by atoms with E-state index in [0.29, 0.717) is 0 Å². The topological polar surface area (TPSA) is 30.7 Å². The van der Waals surface area contributed by atoms with Crippen molar-refractivity contribution in [2.24, 2.45) is 0 Å². The number of nitrogens with zero attached hydrogens (tertiary/aromatic N) is 3. The lowest BCUT2D eigenvalue weighted by molar-refractivity contribution is 0.590. The van der Waals surface area contributed by atoms with Gasteiger partial charge in [0.1, 0.15) is 0 Å². The van der Waals surface area contributed by atoms with Crippen molar-refractivity contribution in [2.75, 3.05) is 0 Å². The largest absolute Gasteiger partial charge is 0.269 e. The summed E-state index contributed by atoms with van der Waals surface area (Å²) in [7, 11) is 0. The first-order valence-electron chi connectivity index (χ1n) is 11.6. The summed E-state index contributed by atoms with van der Waals surface area (Å²) in [4.78, 5) is 0. The monoisotopic (exact) mass is 463 g/mol. The molecule has 34 heavy (non-hydrogen) atoms. The number of fused-ring (bicyclic) bond motifs is 1. The van der Waals surface area contributed by atoms with E-state index in [1.165, 1.54) is 27.5 Å². The fourth-order valence-electron chi connectivity index (χ4n) is 4.12. The molecule has 1 heterocycles. The number of hydrogen-bond acceptors (Lipinski definition) is 3. The van der Waals surface area contributed by atoms with Crippen molar-refractivity contribution >= 4 is 22.5 Å². The van der Waals surface area contributed by atoms with Crippen LogP contribution in [0.2, 0.25) is 0 Å². The van der Waals surface area contributed by atoms with Crippen molar-refractivity contribution in [3.05, 3.63) is 108 Å². The molecule has 5 rings (SSSR count). The molecule has 0 fully saturated rings. The summed E-state index contributed by atoms with van der Waals surface area (Å²) in [6.45, 7) is 8.84. The number of rotatable bonds is 5. The van der Waals surface area contributed by atoms with Gasteiger partial charge in [0.05, 0.1) is 5.69 Å². The van der Waals surface area contributed by atoms with E-state index in [4.69, 9.17) is 0 Å². The summed E-state index contributed by atoms with van der Waals surface area (Å²) < 4.78 is 2.21. The summed E-state index contributed by atoms with van der Waals surface area (Å²) in [5, 5.41) is 12.6. The quantitative estimate of drug-likeness (QED) is 0.248. The first kappa shape index (κ1) is 22.4. The predicted molar refractivity (Wildman–Crippen MR) is 144 cm³/mol. The van der Waals surface area contributed by atoms with E-state index in [1.807, 2.05) is 0 Å². The minimum atomic E-state index is 0.156. The molecule has 0 spiro atoms. The maximum atomic E-state index is 4.65. The van der Waals surface area contributed by atoms with Gasteiger partial charge in [-0.25, -0.2) is 0 Å². The molecule has 0 unspecified atom stereocenters. The van der Waals surface area contributed by atoms with Crippen LogP contribution in [0.3, 0.4) is 0 Å². The molecule has 170 valence electrons. The molecule has 0 aliphatic rings. The molecule has 4 heteroatoms. The lowest BCUT2D eigenvalue weighted by Crippen LogP contribution is -2.10. The Morgan fingerprint density at radius 3 is 2.21 bits per heavy atom. The van der Waals surface area contributed by atoms with Crippen LogP contribution in [-0.4, -0.2) is 14.8 Å². The Morgan fingerprint density at radius 2 is 1.47 bits per heavy atom. The average molecular weight is 464 g/mol. The van der Waals surface area contributed by atoms with Crippen LogP contribution < -0.4 is 0 Å². The summed E-state index contributed by atoms with van der Waals surface area (Å²) >= 11 is 1.72. The highest BCUT2D eigenvalue weighted by atomic mass is 32.2. The van der Waals surface area contributed by atoms with E-state index >= 15 is 0 Å². The SMILES string of the molecule is Cc1ccc(-c2nnc(SCc3ccc(C(C)(C)C)cc3)n2-c2cccc3ccccc23)cc1. The molecule has 0 amide bonds. The minimum absolute atomic E-state index is 0.156. The summed E-state index contributed by atoms with van der Waals surface area (Å²) in [6.07, 6.45) is 0. The number of hydrogen-bond donors (Lipinski definition) is 0. The van der Waals surface area contributed by atoms with Gasteiger partial charge in [-0.15, -0.1) is 10.2 Å². The summed E-state index contributed by atoms with van der Waals surface area (Å²) in [6, 6.07) is 32.3. The zero-order valence-corrected chi connectivity index (χ0v) is 20.9. The lowest BCUT2D eigenvalue weighted by atomic mass is 9.87. The highest BCUT2D eigenvalue weighted by Crippen LogP contribution is 2.33. The fourth-order valence-corrected chi connectivity index (χ4v) is 5.02. The van der Waals surface area contributed by atoms with Crippen LogP contribution in [0.1, 0.15) is 37.5 Å². The van der Waals surface area contributed by atoms with Crippen LogP contribution in [0.5, 0.6) is 0 Å². The Labute approximate surface area is 205 Å².